The Hall–Kier alpha value is -2.53. The van der Waals surface area contributed by atoms with Crippen LogP contribution in [0.1, 0.15) is 0 Å². The van der Waals surface area contributed by atoms with Gasteiger partial charge < -0.3 is 14.7 Å². The SMILES string of the molecule is OC(COc1ccccc1-c1ccccc1)CN1CCN(c2cccc(Cl)c2)CC1. The first-order chi connectivity index (χ1) is 14.7. The monoisotopic (exact) mass is 422 g/mol. The molecule has 3 aromatic rings. The first kappa shape index (κ1) is 20.7. The van der Waals surface area contributed by atoms with Crippen molar-refractivity contribution in [3.63, 3.8) is 0 Å². The third-order valence-electron chi connectivity index (χ3n) is 5.42. The number of aliphatic hydroxyl groups is 1. The van der Waals surface area contributed by atoms with Crippen molar-refractivity contribution < 1.29 is 9.84 Å². The summed E-state index contributed by atoms with van der Waals surface area (Å²) in [5.74, 6) is 0.800. The molecule has 0 aliphatic carbocycles. The number of benzene rings is 3. The number of halogens is 1. The summed E-state index contributed by atoms with van der Waals surface area (Å²) in [5.41, 5.74) is 3.31. The highest BCUT2D eigenvalue weighted by molar-refractivity contribution is 6.30. The van der Waals surface area contributed by atoms with E-state index in [4.69, 9.17) is 16.3 Å². The molecule has 0 spiro atoms. The van der Waals surface area contributed by atoms with E-state index in [1.165, 1.54) is 0 Å². The van der Waals surface area contributed by atoms with Gasteiger partial charge in [0.2, 0.25) is 0 Å². The molecule has 1 atom stereocenters. The van der Waals surface area contributed by atoms with Gasteiger partial charge in [0, 0.05) is 49.0 Å². The molecule has 5 heteroatoms. The van der Waals surface area contributed by atoms with E-state index in [0.717, 1.165) is 53.8 Å². The maximum absolute atomic E-state index is 10.5. The molecule has 30 heavy (non-hydrogen) atoms. The van der Waals surface area contributed by atoms with Crippen molar-refractivity contribution in [1.29, 1.82) is 0 Å². The predicted octanol–water partition coefficient (Wildman–Crippen LogP) is 4.57. The largest absolute Gasteiger partial charge is 0.490 e. The maximum Gasteiger partial charge on any atom is 0.127 e. The molecular formula is C25H27ClN2O2. The Labute approximate surface area is 183 Å². The number of nitrogens with zero attached hydrogens (tertiary/aromatic N) is 2. The van der Waals surface area contributed by atoms with E-state index in [1.54, 1.807) is 0 Å². The number of rotatable bonds is 7. The number of piperazine rings is 1. The molecule has 1 heterocycles. The molecule has 1 N–H and O–H groups in total. The molecule has 1 fully saturated rings. The highest BCUT2D eigenvalue weighted by Gasteiger charge is 2.20. The van der Waals surface area contributed by atoms with E-state index in [2.05, 4.69) is 28.0 Å². The van der Waals surface area contributed by atoms with E-state index in [0.29, 0.717) is 6.54 Å². The fourth-order valence-corrected chi connectivity index (χ4v) is 4.03. The van der Waals surface area contributed by atoms with Gasteiger partial charge in [-0.05, 0) is 29.8 Å². The quantitative estimate of drug-likeness (QED) is 0.605. The van der Waals surface area contributed by atoms with E-state index < -0.39 is 6.10 Å². The Morgan fingerprint density at radius 3 is 2.37 bits per heavy atom. The number of ether oxygens (including phenoxy) is 1. The Morgan fingerprint density at radius 1 is 0.867 bits per heavy atom. The van der Waals surface area contributed by atoms with Gasteiger partial charge in [-0.15, -0.1) is 0 Å². The second kappa shape index (κ2) is 9.98. The lowest BCUT2D eigenvalue weighted by Crippen LogP contribution is -2.49. The summed E-state index contributed by atoms with van der Waals surface area (Å²) in [6.45, 7) is 4.54. The van der Waals surface area contributed by atoms with Gasteiger partial charge >= 0.3 is 0 Å². The smallest absolute Gasteiger partial charge is 0.127 e. The lowest BCUT2D eigenvalue weighted by atomic mass is 10.1. The molecule has 1 saturated heterocycles. The maximum atomic E-state index is 10.5. The second-order valence-corrected chi connectivity index (χ2v) is 8.03. The lowest BCUT2D eigenvalue weighted by molar-refractivity contribution is 0.0665. The third kappa shape index (κ3) is 5.33. The zero-order valence-electron chi connectivity index (χ0n) is 17.0. The van der Waals surface area contributed by atoms with Crippen LogP contribution >= 0.6 is 11.6 Å². The summed E-state index contributed by atoms with van der Waals surface area (Å²) in [5, 5.41) is 11.3. The van der Waals surface area contributed by atoms with Gasteiger partial charge in [-0.25, -0.2) is 0 Å². The van der Waals surface area contributed by atoms with Gasteiger partial charge in [0.1, 0.15) is 18.5 Å². The Bertz CT molecular complexity index is 943. The number of hydrogen-bond donors (Lipinski definition) is 1. The minimum absolute atomic E-state index is 0.276. The normalized spacial score (nSPS) is 15.7. The first-order valence-corrected chi connectivity index (χ1v) is 10.7. The van der Waals surface area contributed by atoms with Gasteiger partial charge in [0.05, 0.1) is 0 Å². The van der Waals surface area contributed by atoms with Gasteiger partial charge in [-0.2, -0.15) is 0 Å². The summed E-state index contributed by atoms with van der Waals surface area (Å²) in [7, 11) is 0. The number of anilines is 1. The van der Waals surface area contributed by atoms with Crippen molar-refractivity contribution in [2.75, 3.05) is 44.2 Å². The van der Waals surface area contributed by atoms with Crippen LogP contribution in [0.5, 0.6) is 5.75 Å². The summed E-state index contributed by atoms with van der Waals surface area (Å²) in [4.78, 5) is 4.62. The average Bonchev–Trinajstić information content (AvgIpc) is 2.79. The minimum Gasteiger partial charge on any atom is -0.490 e. The molecule has 0 radical (unpaired) electrons. The van der Waals surface area contributed by atoms with Gasteiger partial charge in [-0.1, -0.05) is 66.2 Å². The summed E-state index contributed by atoms with van der Waals surface area (Å²) in [6, 6.07) is 26.1. The molecule has 1 aliphatic heterocycles. The molecule has 156 valence electrons. The number of β-amino-alcohol motifs (C(OH)–C–C–N with tert-alkyl or cyclic N) is 1. The predicted molar refractivity (Wildman–Crippen MR) is 123 cm³/mol. The van der Waals surface area contributed by atoms with Crippen molar-refractivity contribution in [3.05, 3.63) is 83.9 Å². The number of hydrogen-bond acceptors (Lipinski definition) is 4. The molecule has 0 amide bonds. The van der Waals surface area contributed by atoms with E-state index in [1.807, 2.05) is 60.7 Å². The van der Waals surface area contributed by atoms with Gasteiger partial charge in [0.25, 0.3) is 0 Å². The van der Waals surface area contributed by atoms with Crippen molar-refractivity contribution in [3.8, 4) is 16.9 Å². The van der Waals surface area contributed by atoms with Crippen LogP contribution in [0.3, 0.4) is 0 Å². The van der Waals surface area contributed by atoms with Crippen LogP contribution in [0.15, 0.2) is 78.9 Å². The molecule has 0 aromatic heterocycles. The molecule has 1 aliphatic rings. The van der Waals surface area contributed by atoms with Crippen molar-refractivity contribution >= 4 is 17.3 Å². The van der Waals surface area contributed by atoms with E-state index >= 15 is 0 Å². The van der Waals surface area contributed by atoms with Crippen LogP contribution in [-0.2, 0) is 0 Å². The highest BCUT2D eigenvalue weighted by Crippen LogP contribution is 2.29. The van der Waals surface area contributed by atoms with Crippen LogP contribution in [0, 0.1) is 0 Å². The summed E-state index contributed by atoms with van der Waals surface area (Å²) in [6.07, 6.45) is -0.536. The fourth-order valence-electron chi connectivity index (χ4n) is 3.85. The third-order valence-corrected chi connectivity index (χ3v) is 5.65. The lowest BCUT2D eigenvalue weighted by Gasteiger charge is -2.37. The summed E-state index contributed by atoms with van der Waals surface area (Å²) >= 11 is 6.11. The van der Waals surface area contributed by atoms with Crippen LogP contribution in [0.25, 0.3) is 11.1 Å². The first-order valence-electron chi connectivity index (χ1n) is 10.4. The molecular weight excluding hydrogens is 396 g/mol. The zero-order chi connectivity index (χ0) is 20.8. The molecule has 1 unspecified atom stereocenters. The van der Waals surface area contributed by atoms with Crippen LogP contribution < -0.4 is 9.64 Å². The van der Waals surface area contributed by atoms with E-state index in [-0.39, 0.29) is 6.61 Å². The molecule has 0 bridgehead atoms. The van der Waals surface area contributed by atoms with Gasteiger partial charge in [0.15, 0.2) is 0 Å². The molecule has 3 aromatic carbocycles. The average molecular weight is 423 g/mol. The molecule has 4 rings (SSSR count). The Balaban J connectivity index is 1.28. The van der Waals surface area contributed by atoms with Crippen LogP contribution in [0.4, 0.5) is 5.69 Å². The standard InChI is InChI=1S/C25H27ClN2O2/c26-21-9-6-10-22(17-21)28-15-13-27(14-16-28)18-23(29)19-30-25-12-5-4-11-24(25)20-7-2-1-3-8-20/h1-12,17,23,29H,13-16,18-19H2. The van der Waals surface area contributed by atoms with Crippen LogP contribution in [-0.4, -0.2) is 55.4 Å². The number of para-hydroxylation sites is 1. The van der Waals surface area contributed by atoms with Crippen molar-refractivity contribution in [1.82, 2.24) is 4.90 Å². The summed E-state index contributed by atoms with van der Waals surface area (Å²) < 4.78 is 6.00. The Kier molecular flexibility index (Phi) is 6.90. The van der Waals surface area contributed by atoms with Gasteiger partial charge in [-0.3, -0.25) is 4.90 Å². The van der Waals surface area contributed by atoms with E-state index in [9.17, 15) is 5.11 Å². The van der Waals surface area contributed by atoms with Crippen molar-refractivity contribution in [2.24, 2.45) is 0 Å². The number of aliphatic hydroxyl groups excluding tert-OH is 1. The van der Waals surface area contributed by atoms with Crippen molar-refractivity contribution in [2.45, 2.75) is 6.10 Å². The minimum atomic E-state index is -0.536. The zero-order valence-corrected chi connectivity index (χ0v) is 17.7. The topological polar surface area (TPSA) is 35.9 Å². The van der Waals surface area contributed by atoms with Crippen LogP contribution in [0.2, 0.25) is 5.02 Å². The highest BCUT2D eigenvalue weighted by atomic mass is 35.5. The Morgan fingerprint density at radius 2 is 1.60 bits per heavy atom. The fraction of sp³-hybridized carbons (Fsp3) is 0.280. The molecule has 4 nitrogen and oxygen atoms in total. The second-order valence-electron chi connectivity index (χ2n) is 7.59. The molecule has 0 saturated carbocycles.